The summed E-state index contributed by atoms with van der Waals surface area (Å²) in [6.07, 6.45) is 5.10. The van der Waals surface area contributed by atoms with Crippen LogP contribution in [0.1, 0.15) is 57.8 Å². The fourth-order valence-electron chi connectivity index (χ4n) is 3.28. The number of nitrogens with two attached hydrogens (primary N) is 1. The Morgan fingerprint density at radius 3 is 2.83 bits per heavy atom. The van der Waals surface area contributed by atoms with E-state index in [-0.39, 0.29) is 18.5 Å². The third-order valence-electron chi connectivity index (χ3n) is 4.73. The maximum atomic E-state index is 12.7. The largest absolute Gasteiger partial charge is 0.397 e. The summed E-state index contributed by atoms with van der Waals surface area (Å²) in [6, 6.07) is 4.16. The predicted molar refractivity (Wildman–Crippen MR) is 91.7 cm³/mol. The number of nitriles is 1. The van der Waals surface area contributed by atoms with E-state index in [1.807, 2.05) is 9.47 Å². The number of nitrogens with zero attached hydrogens (tertiary/aromatic N) is 3. The zero-order valence-electron chi connectivity index (χ0n) is 14.5. The Kier molecular flexibility index (Phi) is 5.70. The number of likely N-dealkylation sites (tertiary alicyclic amines) is 1. The van der Waals surface area contributed by atoms with Crippen molar-refractivity contribution in [2.75, 3.05) is 12.3 Å². The molecule has 1 aliphatic heterocycles. The SMILES string of the molecule is CC(C)CCc1c(N)cc(C#N)n1CC(=O)N1CCCCC1C. The molecule has 2 N–H and O–H groups in total. The highest BCUT2D eigenvalue weighted by atomic mass is 16.2. The van der Waals surface area contributed by atoms with Gasteiger partial charge in [0.2, 0.25) is 5.91 Å². The lowest BCUT2D eigenvalue weighted by Crippen LogP contribution is -2.43. The molecule has 2 rings (SSSR count). The van der Waals surface area contributed by atoms with E-state index in [9.17, 15) is 10.1 Å². The molecule has 1 unspecified atom stereocenters. The van der Waals surface area contributed by atoms with Crippen molar-refractivity contribution in [3.05, 3.63) is 17.5 Å². The summed E-state index contributed by atoms with van der Waals surface area (Å²) in [5, 5.41) is 9.36. The molecule has 0 saturated carbocycles. The molecule has 0 bridgehead atoms. The Hall–Kier alpha value is -1.96. The number of aromatic nitrogens is 1. The molecular formula is C18H28N4O. The van der Waals surface area contributed by atoms with E-state index < -0.39 is 0 Å². The minimum absolute atomic E-state index is 0.0927. The van der Waals surface area contributed by atoms with E-state index in [1.54, 1.807) is 6.07 Å². The van der Waals surface area contributed by atoms with Crippen molar-refractivity contribution in [2.45, 2.75) is 65.5 Å². The second kappa shape index (κ2) is 7.54. The number of nitrogen functional groups attached to an aromatic ring is 1. The quantitative estimate of drug-likeness (QED) is 0.907. The molecule has 1 atom stereocenters. The lowest BCUT2D eigenvalue weighted by atomic mass is 10.0. The van der Waals surface area contributed by atoms with Gasteiger partial charge in [-0.2, -0.15) is 5.26 Å². The van der Waals surface area contributed by atoms with Crippen LogP contribution in [0.5, 0.6) is 0 Å². The maximum Gasteiger partial charge on any atom is 0.242 e. The Balaban J connectivity index is 2.20. The second-order valence-electron chi connectivity index (χ2n) is 6.99. The van der Waals surface area contributed by atoms with Crippen molar-refractivity contribution in [1.82, 2.24) is 9.47 Å². The van der Waals surface area contributed by atoms with E-state index in [1.165, 1.54) is 6.42 Å². The van der Waals surface area contributed by atoms with E-state index in [0.717, 1.165) is 37.9 Å². The molecule has 5 heteroatoms. The summed E-state index contributed by atoms with van der Waals surface area (Å²) < 4.78 is 1.82. The summed E-state index contributed by atoms with van der Waals surface area (Å²) in [5.41, 5.74) is 8.12. The van der Waals surface area contributed by atoms with Crippen LogP contribution in [0.4, 0.5) is 5.69 Å². The van der Waals surface area contributed by atoms with Gasteiger partial charge >= 0.3 is 0 Å². The minimum atomic E-state index is 0.0927. The number of carbonyl (C=O) groups is 1. The van der Waals surface area contributed by atoms with E-state index in [0.29, 0.717) is 17.3 Å². The van der Waals surface area contributed by atoms with Gasteiger partial charge in [-0.1, -0.05) is 13.8 Å². The highest BCUT2D eigenvalue weighted by Gasteiger charge is 2.25. The van der Waals surface area contributed by atoms with Crippen LogP contribution < -0.4 is 5.73 Å². The van der Waals surface area contributed by atoms with E-state index >= 15 is 0 Å². The van der Waals surface area contributed by atoms with Crippen LogP contribution in [0.25, 0.3) is 0 Å². The molecule has 1 aromatic heterocycles. The molecule has 1 saturated heterocycles. The fourth-order valence-corrected chi connectivity index (χ4v) is 3.28. The van der Waals surface area contributed by atoms with Crippen molar-refractivity contribution in [1.29, 1.82) is 5.26 Å². The van der Waals surface area contributed by atoms with Crippen LogP contribution in [0.15, 0.2) is 6.07 Å². The highest BCUT2D eigenvalue weighted by molar-refractivity contribution is 5.77. The molecule has 0 aliphatic carbocycles. The first-order valence-electron chi connectivity index (χ1n) is 8.61. The van der Waals surface area contributed by atoms with Gasteiger partial charge in [0.05, 0.1) is 5.69 Å². The zero-order valence-corrected chi connectivity index (χ0v) is 14.5. The van der Waals surface area contributed by atoms with Gasteiger partial charge in [-0.05, 0) is 51.0 Å². The molecule has 1 fully saturated rings. The van der Waals surface area contributed by atoms with Crippen molar-refractivity contribution < 1.29 is 4.79 Å². The number of amides is 1. The standard InChI is InChI=1S/C18H28N4O/c1-13(2)7-8-17-16(20)10-15(11-19)22(17)12-18(23)21-9-5-4-6-14(21)3/h10,13-14H,4-9,12,20H2,1-3H3. The van der Waals surface area contributed by atoms with Crippen molar-refractivity contribution in [2.24, 2.45) is 5.92 Å². The molecule has 0 radical (unpaired) electrons. The molecule has 1 aliphatic rings. The lowest BCUT2D eigenvalue weighted by molar-refractivity contribution is -0.135. The van der Waals surface area contributed by atoms with Crippen LogP contribution >= 0.6 is 0 Å². The monoisotopic (exact) mass is 316 g/mol. The molecular weight excluding hydrogens is 288 g/mol. The fraction of sp³-hybridized carbons (Fsp3) is 0.667. The molecule has 0 aromatic carbocycles. The van der Waals surface area contributed by atoms with Crippen LogP contribution in [-0.2, 0) is 17.8 Å². The number of anilines is 1. The number of rotatable bonds is 5. The van der Waals surface area contributed by atoms with Crippen LogP contribution in [-0.4, -0.2) is 28.0 Å². The Bertz CT molecular complexity index is 597. The maximum absolute atomic E-state index is 12.7. The van der Waals surface area contributed by atoms with Gasteiger partial charge in [-0.25, -0.2) is 0 Å². The Labute approximate surface area is 139 Å². The highest BCUT2D eigenvalue weighted by Crippen LogP contribution is 2.23. The van der Waals surface area contributed by atoms with Gasteiger partial charge in [-0.3, -0.25) is 4.79 Å². The smallest absolute Gasteiger partial charge is 0.242 e. The van der Waals surface area contributed by atoms with Crippen molar-refractivity contribution >= 4 is 11.6 Å². The zero-order chi connectivity index (χ0) is 17.0. The summed E-state index contributed by atoms with van der Waals surface area (Å²) in [4.78, 5) is 14.7. The average molecular weight is 316 g/mol. The second-order valence-corrected chi connectivity index (χ2v) is 6.99. The predicted octanol–water partition coefficient (Wildman–Crippen LogP) is 2.93. The van der Waals surface area contributed by atoms with Gasteiger partial charge in [0.25, 0.3) is 0 Å². The van der Waals surface area contributed by atoms with Crippen LogP contribution in [0.3, 0.4) is 0 Å². The molecule has 126 valence electrons. The molecule has 1 amide bonds. The lowest BCUT2D eigenvalue weighted by Gasteiger charge is -2.33. The number of hydrogen-bond donors (Lipinski definition) is 1. The molecule has 2 heterocycles. The van der Waals surface area contributed by atoms with Gasteiger partial charge in [0, 0.05) is 18.3 Å². The number of carbonyl (C=O) groups excluding carboxylic acids is 1. The third kappa shape index (κ3) is 4.07. The van der Waals surface area contributed by atoms with E-state index in [2.05, 4.69) is 26.8 Å². The first-order chi connectivity index (χ1) is 10.9. The summed E-state index contributed by atoms with van der Waals surface area (Å²) >= 11 is 0. The van der Waals surface area contributed by atoms with Crippen molar-refractivity contribution in [3.63, 3.8) is 0 Å². The Morgan fingerprint density at radius 1 is 1.48 bits per heavy atom. The molecule has 23 heavy (non-hydrogen) atoms. The van der Waals surface area contributed by atoms with Gasteiger partial charge in [0.1, 0.15) is 18.3 Å². The number of hydrogen-bond acceptors (Lipinski definition) is 3. The summed E-state index contributed by atoms with van der Waals surface area (Å²) in [6.45, 7) is 7.47. The molecule has 0 spiro atoms. The minimum Gasteiger partial charge on any atom is -0.397 e. The summed E-state index contributed by atoms with van der Waals surface area (Å²) in [5.74, 6) is 0.649. The summed E-state index contributed by atoms with van der Waals surface area (Å²) in [7, 11) is 0. The van der Waals surface area contributed by atoms with Gasteiger partial charge < -0.3 is 15.2 Å². The van der Waals surface area contributed by atoms with Crippen molar-refractivity contribution in [3.8, 4) is 6.07 Å². The number of piperidine rings is 1. The van der Waals surface area contributed by atoms with E-state index in [4.69, 9.17) is 5.73 Å². The van der Waals surface area contributed by atoms with Crippen LogP contribution in [0.2, 0.25) is 0 Å². The first-order valence-corrected chi connectivity index (χ1v) is 8.61. The average Bonchev–Trinajstić information content (AvgIpc) is 2.80. The van der Waals surface area contributed by atoms with Gasteiger partial charge in [0.15, 0.2) is 0 Å². The normalized spacial score (nSPS) is 18.2. The first kappa shape index (κ1) is 17.4. The van der Waals surface area contributed by atoms with Gasteiger partial charge in [-0.15, -0.1) is 0 Å². The molecule has 5 nitrogen and oxygen atoms in total. The molecule has 1 aromatic rings. The third-order valence-corrected chi connectivity index (χ3v) is 4.73. The topological polar surface area (TPSA) is 75.0 Å². The van der Waals surface area contributed by atoms with Crippen LogP contribution in [0, 0.1) is 17.2 Å². The Morgan fingerprint density at radius 2 is 2.22 bits per heavy atom.